The van der Waals surface area contributed by atoms with Gasteiger partial charge in [-0.2, -0.15) is 9.97 Å². The van der Waals surface area contributed by atoms with Crippen LogP contribution < -0.4 is 0 Å². The van der Waals surface area contributed by atoms with Crippen LogP contribution >= 0.6 is 11.3 Å². The molecule has 68 heavy (non-hydrogen) atoms. The van der Waals surface area contributed by atoms with Crippen molar-refractivity contribution in [3.8, 4) is 28.7 Å². The normalized spacial score (nSPS) is 15.4. The highest BCUT2D eigenvalue weighted by molar-refractivity contribution is 7.25. The van der Waals surface area contributed by atoms with Crippen LogP contribution in [0.25, 0.3) is 70.7 Å². The Morgan fingerprint density at radius 1 is 0.500 bits per heavy atom. The molecule has 11 heteroatoms. The third-order valence-corrected chi connectivity index (χ3v) is 15.1. The Balaban J connectivity index is 0.895. The lowest BCUT2D eigenvalue weighted by Gasteiger charge is -2.40. The molecule has 8 aromatic rings. The topological polar surface area (TPSA) is 99.0 Å². The van der Waals surface area contributed by atoms with Gasteiger partial charge >= 0.3 is 0 Å². The van der Waals surface area contributed by atoms with Crippen molar-refractivity contribution in [2.75, 3.05) is 66.1 Å². The summed E-state index contributed by atoms with van der Waals surface area (Å²) >= 11 is 1.82. The minimum absolute atomic E-state index is 0.237. The van der Waals surface area contributed by atoms with Gasteiger partial charge in [0.05, 0.1) is 63.9 Å². The maximum Gasteiger partial charge on any atom is 0.238 e. The van der Waals surface area contributed by atoms with Gasteiger partial charge in [-0.1, -0.05) is 86.6 Å². The second-order valence-corrected chi connectivity index (χ2v) is 20.1. The Morgan fingerprint density at radius 2 is 1.00 bits per heavy atom. The fourth-order valence-electron chi connectivity index (χ4n) is 9.36. The fourth-order valence-corrected chi connectivity index (χ4v) is 10.5. The Morgan fingerprint density at radius 3 is 1.53 bits per heavy atom. The molecule has 10 nitrogen and oxygen atoms in total. The van der Waals surface area contributed by atoms with E-state index in [-0.39, 0.29) is 10.8 Å². The molecule has 3 aromatic heterocycles. The molecule has 0 amide bonds. The highest BCUT2D eigenvalue weighted by atomic mass is 32.1. The second-order valence-electron chi connectivity index (χ2n) is 19.0. The predicted octanol–water partition coefficient (Wildman–Crippen LogP) is 12.9. The molecule has 2 saturated heterocycles. The summed E-state index contributed by atoms with van der Waals surface area (Å²) in [5.74, 6) is 1.84. The monoisotopic (exact) mass is 932 g/mol. The van der Waals surface area contributed by atoms with Crippen LogP contribution in [0.1, 0.15) is 76.3 Å². The van der Waals surface area contributed by atoms with Crippen LogP contribution in [0.4, 0.5) is 0 Å². The highest BCUT2D eigenvalue weighted by Crippen LogP contribution is 2.41. The van der Waals surface area contributed by atoms with E-state index in [1.54, 1.807) is 0 Å². The van der Waals surface area contributed by atoms with Crippen LogP contribution in [0.3, 0.4) is 0 Å². The third kappa shape index (κ3) is 10.4. The highest BCUT2D eigenvalue weighted by Gasteiger charge is 2.37. The number of rotatable bonds is 25. The Bertz CT molecular complexity index is 2860. The summed E-state index contributed by atoms with van der Waals surface area (Å²) < 4.78 is 40.1. The van der Waals surface area contributed by atoms with Crippen LogP contribution in [0.15, 0.2) is 109 Å². The molecule has 0 unspecified atom stereocenters. The number of aromatic nitrogens is 4. The van der Waals surface area contributed by atoms with Crippen LogP contribution in [0.5, 0.6) is 0 Å². The van der Waals surface area contributed by atoms with Crippen molar-refractivity contribution >= 4 is 53.3 Å². The summed E-state index contributed by atoms with van der Waals surface area (Å²) in [5.41, 5.74) is 6.76. The molecular weight excluding hydrogens is 869 g/mol. The Hall–Kier alpha value is -5.11. The number of benzene rings is 5. The van der Waals surface area contributed by atoms with Crippen molar-refractivity contribution in [1.29, 1.82) is 0 Å². The van der Waals surface area contributed by atoms with Crippen molar-refractivity contribution < 1.29 is 28.4 Å². The number of unbranched alkanes of at least 4 members (excludes halogenated alkanes) is 4. The maximum atomic E-state index is 6.31. The smallest absolute Gasteiger partial charge is 0.238 e. The maximum absolute atomic E-state index is 6.31. The molecular formula is C57H64N4O6S. The number of hydrogen-bond acceptors (Lipinski definition) is 10. The number of thiophene rings is 1. The van der Waals surface area contributed by atoms with Gasteiger partial charge in [-0.05, 0) is 98.9 Å². The Kier molecular flexibility index (Phi) is 14.9. The summed E-state index contributed by atoms with van der Waals surface area (Å²) in [6.07, 6.45) is 8.52. The lowest BCUT2D eigenvalue weighted by Crippen LogP contribution is -2.45. The van der Waals surface area contributed by atoms with Gasteiger partial charge < -0.3 is 28.4 Å². The average molecular weight is 933 g/mol. The van der Waals surface area contributed by atoms with Crippen LogP contribution in [-0.4, -0.2) is 85.6 Å². The van der Waals surface area contributed by atoms with Crippen molar-refractivity contribution in [2.24, 2.45) is 10.8 Å². The SMILES string of the molecule is CCC1(COCCCCCOCc2ccc3sc4cc5c(cc4c3c2)c2cc(COCCCCCOCC3(CC)COC3)ccc2n5-c2nc(-c3ccccc3)nc(-c3ccccc3)n2)COC1. The molecule has 0 saturated carbocycles. The largest absolute Gasteiger partial charge is 0.381 e. The zero-order valence-corrected chi connectivity index (χ0v) is 40.5. The molecule has 2 fully saturated rings. The van der Waals surface area contributed by atoms with Crippen molar-refractivity contribution in [2.45, 2.75) is 78.4 Å². The first-order valence-corrected chi connectivity index (χ1v) is 25.6. The van der Waals surface area contributed by atoms with Crippen LogP contribution in [-0.2, 0) is 41.6 Å². The predicted molar refractivity (Wildman–Crippen MR) is 274 cm³/mol. The number of hydrogen-bond donors (Lipinski definition) is 0. The van der Waals surface area contributed by atoms with Gasteiger partial charge in [0.15, 0.2) is 11.6 Å². The second kappa shape index (κ2) is 21.7. The van der Waals surface area contributed by atoms with E-state index >= 15 is 0 Å². The van der Waals surface area contributed by atoms with E-state index in [2.05, 4.69) is 91.2 Å². The zero-order chi connectivity index (χ0) is 46.2. The first-order chi connectivity index (χ1) is 33.5. The molecule has 0 spiro atoms. The molecule has 5 aromatic carbocycles. The van der Waals surface area contributed by atoms with E-state index in [1.165, 1.54) is 25.7 Å². The minimum atomic E-state index is 0.237. The Labute approximate surface area is 403 Å². The molecule has 354 valence electrons. The summed E-state index contributed by atoms with van der Waals surface area (Å²) in [4.78, 5) is 15.4. The van der Waals surface area contributed by atoms with Gasteiger partial charge in [0.2, 0.25) is 5.95 Å². The first kappa shape index (κ1) is 46.6. The standard InChI is InChI=1S/C57H64N4O6S/c1-3-56(37-66-38-56)35-64-27-15-7-13-25-62-33-41-21-23-49-45(29-41)46-31-48-47-30-42(34-63-26-14-8-16-28-65-36-57(4-2)39-67-40-57)22-24-51(47)68-52(48)32-50(46)61(49)55-59-53(43-17-9-5-10-18-43)58-54(60-55)44-19-11-6-12-20-44/h5-6,9-12,17-24,29-32H,3-4,7-8,13-16,25-28,33-40H2,1-2H3. The minimum Gasteiger partial charge on any atom is -0.381 e. The summed E-state index contributed by atoms with van der Waals surface area (Å²) in [5, 5.41) is 4.76. The molecule has 0 atom stereocenters. The van der Waals surface area contributed by atoms with Gasteiger partial charge in [-0.25, -0.2) is 4.98 Å². The first-order valence-electron chi connectivity index (χ1n) is 24.8. The number of ether oxygens (including phenoxy) is 6. The molecule has 0 N–H and O–H groups in total. The quantitative estimate of drug-likeness (QED) is 0.0519. The molecule has 0 radical (unpaired) electrons. The number of fused-ring (bicyclic) bond motifs is 6. The van der Waals surface area contributed by atoms with E-state index in [4.69, 9.17) is 43.4 Å². The molecule has 0 aliphatic carbocycles. The van der Waals surface area contributed by atoms with E-state index in [9.17, 15) is 0 Å². The lowest BCUT2D eigenvalue weighted by molar-refractivity contribution is -0.150. The van der Waals surface area contributed by atoms with Gasteiger partial charge in [0.25, 0.3) is 0 Å². The molecule has 2 aliphatic rings. The van der Waals surface area contributed by atoms with E-state index in [0.29, 0.717) is 37.4 Å². The summed E-state index contributed by atoms with van der Waals surface area (Å²) in [7, 11) is 0. The molecule has 5 heterocycles. The van der Waals surface area contributed by atoms with Gasteiger partial charge in [-0.3, -0.25) is 4.57 Å². The molecule has 10 rings (SSSR count). The fraction of sp³-hybridized carbons (Fsp3) is 0.421. The molecule has 2 aliphatic heterocycles. The van der Waals surface area contributed by atoms with Crippen molar-refractivity contribution in [3.05, 3.63) is 120 Å². The van der Waals surface area contributed by atoms with E-state index in [1.807, 2.05) is 47.7 Å². The van der Waals surface area contributed by atoms with Gasteiger partial charge in [0, 0.05) is 79.3 Å². The summed E-state index contributed by atoms with van der Waals surface area (Å²) in [6, 6.07) is 38.5. The van der Waals surface area contributed by atoms with Gasteiger partial charge in [0.1, 0.15) is 0 Å². The lowest BCUT2D eigenvalue weighted by atomic mass is 9.84. The van der Waals surface area contributed by atoms with Crippen LogP contribution in [0.2, 0.25) is 0 Å². The van der Waals surface area contributed by atoms with Crippen molar-refractivity contribution in [3.63, 3.8) is 0 Å². The summed E-state index contributed by atoms with van der Waals surface area (Å²) in [6.45, 7) is 13.5. The van der Waals surface area contributed by atoms with Gasteiger partial charge in [-0.15, -0.1) is 11.3 Å². The number of nitrogens with zero attached hydrogens (tertiary/aromatic N) is 4. The zero-order valence-electron chi connectivity index (χ0n) is 39.7. The van der Waals surface area contributed by atoms with Crippen molar-refractivity contribution in [1.82, 2.24) is 19.5 Å². The van der Waals surface area contributed by atoms with Crippen LogP contribution in [0, 0.1) is 10.8 Å². The third-order valence-electron chi connectivity index (χ3n) is 14.0. The average Bonchev–Trinajstić information content (AvgIpc) is 3.87. The molecule has 0 bridgehead atoms. The van der Waals surface area contributed by atoms with E-state index < -0.39 is 0 Å². The van der Waals surface area contributed by atoms with E-state index in [0.717, 1.165) is 149 Å².